The number of aldehydes is 1. The Balaban J connectivity index is 1.44. The first-order valence-corrected chi connectivity index (χ1v) is 9.02. The molecule has 8 heteroatoms. The minimum absolute atomic E-state index is 0.0721. The number of nitrogens with one attached hydrogen (secondary N) is 1. The Kier molecular flexibility index (Phi) is 4.71. The van der Waals surface area contributed by atoms with Gasteiger partial charge in [-0.25, -0.2) is 4.98 Å². The summed E-state index contributed by atoms with van der Waals surface area (Å²) in [6, 6.07) is 16.2. The molecule has 1 amide bonds. The van der Waals surface area contributed by atoms with Crippen LogP contribution in [0.15, 0.2) is 52.9 Å². The second-order valence-electron chi connectivity index (χ2n) is 5.76. The minimum Gasteiger partial charge on any atom is -0.417 e. The summed E-state index contributed by atoms with van der Waals surface area (Å²) in [6.07, 6.45) is 0.623. The zero-order valence-electron chi connectivity index (χ0n) is 14.1. The summed E-state index contributed by atoms with van der Waals surface area (Å²) in [5.74, 6) is -0.134. The van der Waals surface area contributed by atoms with Crippen LogP contribution in [0.3, 0.4) is 0 Å². The van der Waals surface area contributed by atoms with E-state index in [2.05, 4.69) is 38.7 Å². The van der Waals surface area contributed by atoms with E-state index in [1.807, 2.05) is 30.3 Å². The molecular weight excluding hydrogens is 364 g/mol. The molecule has 0 aliphatic heterocycles. The first-order chi connectivity index (χ1) is 13.2. The van der Waals surface area contributed by atoms with Crippen molar-refractivity contribution in [3.05, 3.63) is 65.3 Å². The molecule has 4 aromatic rings. The van der Waals surface area contributed by atoms with Gasteiger partial charge in [-0.1, -0.05) is 36.4 Å². The molecule has 0 fully saturated rings. The second kappa shape index (κ2) is 7.46. The van der Waals surface area contributed by atoms with Crippen LogP contribution in [0, 0.1) is 0 Å². The van der Waals surface area contributed by atoms with Gasteiger partial charge in [0.2, 0.25) is 18.1 Å². The van der Waals surface area contributed by atoms with Gasteiger partial charge in [0.15, 0.2) is 0 Å². The molecule has 0 saturated heterocycles. The van der Waals surface area contributed by atoms with Crippen molar-refractivity contribution in [1.29, 1.82) is 0 Å². The standard InChI is InChI=1S/C19H14N4O3S/c24-11-18-23-22-17(26-18)10-20-16(25)9-19-21-14-7-6-13(8-15(14)27-19)12-4-2-1-3-5-12/h1-8,11H,9-10H2,(H,20,25). The van der Waals surface area contributed by atoms with Gasteiger partial charge < -0.3 is 9.73 Å². The van der Waals surface area contributed by atoms with E-state index < -0.39 is 0 Å². The van der Waals surface area contributed by atoms with Gasteiger partial charge in [0, 0.05) is 0 Å². The van der Waals surface area contributed by atoms with Crippen LogP contribution < -0.4 is 5.32 Å². The van der Waals surface area contributed by atoms with Crippen molar-refractivity contribution in [2.24, 2.45) is 0 Å². The van der Waals surface area contributed by atoms with E-state index in [1.54, 1.807) is 0 Å². The summed E-state index contributed by atoms with van der Waals surface area (Å²) in [4.78, 5) is 27.2. The van der Waals surface area contributed by atoms with Crippen LogP contribution in [-0.2, 0) is 17.8 Å². The van der Waals surface area contributed by atoms with Gasteiger partial charge in [0.05, 0.1) is 23.2 Å². The van der Waals surface area contributed by atoms with Gasteiger partial charge in [-0.05, 0) is 23.3 Å². The van der Waals surface area contributed by atoms with Crippen LogP contribution in [0.5, 0.6) is 0 Å². The fourth-order valence-corrected chi connectivity index (χ4v) is 3.62. The Morgan fingerprint density at radius 3 is 2.74 bits per heavy atom. The summed E-state index contributed by atoms with van der Waals surface area (Å²) in [5, 5.41) is 10.6. The first-order valence-electron chi connectivity index (χ1n) is 8.20. The molecule has 0 saturated carbocycles. The second-order valence-corrected chi connectivity index (χ2v) is 6.88. The van der Waals surface area contributed by atoms with E-state index in [-0.39, 0.29) is 30.7 Å². The SMILES string of the molecule is O=Cc1nnc(CNC(=O)Cc2nc3ccc(-c4ccccc4)cc3s2)o1. The third-order valence-corrected chi connectivity index (χ3v) is 4.89. The van der Waals surface area contributed by atoms with E-state index in [1.165, 1.54) is 11.3 Å². The molecule has 0 radical (unpaired) electrons. The summed E-state index contributed by atoms with van der Waals surface area (Å²) in [5.41, 5.74) is 3.13. The lowest BCUT2D eigenvalue weighted by molar-refractivity contribution is -0.120. The number of hydrogen-bond donors (Lipinski definition) is 1. The predicted molar refractivity (Wildman–Crippen MR) is 100 cm³/mol. The van der Waals surface area contributed by atoms with E-state index >= 15 is 0 Å². The summed E-state index contributed by atoms with van der Waals surface area (Å²) < 4.78 is 6.05. The third kappa shape index (κ3) is 3.90. The highest BCUT2D eigenvalue weighted by atomic mass is 32.1. The molecule has 0 aliphatic carbocycles. The Labute approximate surface area is 158 Å². The molecule has 2 aromatic carbocycles. The molecule has 7 nitrogen and oxygen atoms in total. The number of thiazole rings is 1. The van der Waals surface area contributed by atoms with Crippen LogP contribution in [-0.4, -0.2) is 27.4 Å². The van der Waals surface area contributed by atoms with Crippen molar-refractivity contribution in [1.82, 2.24) is 20.5 Å². The van der Waals surface area contributed by atoms with Crippen LogP contribution in [0.25, 0.3) is 21.3 Å². The van der Waals surface area contributed by atoms with Gasteiger partial charge in [-0.2, -0.15) is 0 Å². The molecular formula is C19H14N4O3S. The van der Waals surface area contributed by atoms with Crippen molar-refractivity contribution in [2.45, 2.75) is 13.0 Å². The topological polar surface area (TPSA) is 98.0 Å². The maximum Gasteiger partial charge on any atom is 0.280 e. The van der Waals surface area contributed by atoms with Crippen LogP contribution in [0.4, 0.5) is 0 Å². The van der Waals surface area contributed by atoms with Gasteiger partial charge in [0.1, 0.15) is 5.01 Å². The van der Waals surface area contributed by atoms with E-state index in [0.29, 0.717) is 6.29 Å². The largest absolute Gasteiger partial charge is 0.417 e. The maximum absolute atomic E-state index is 12.1. The van der Waals surface area contributed by atoms with Crippen molar-refractivity contribution in [2.75, 3.05) is 0 Å². The number of hydrogen-bond acceptors (Lipinski definition) is 7. The maximum atomic E-state index is 12.1. The molecule has 134 valence electrons. The summed E-state index contributed by atoms with van der Waals surface area (Å²) in [6.45, 7) is 0.0721. The number of aromatic nitrogens is 3. The lowest BCUT2D eigenvalue weighted by Crippen LogP contribution is -2.24. The van der Waals surface area contributed by atoms with Gasteiger partial charge in [-0.3, -0.25) is 9.59 Å². The van der Waals surface area contributed by atoms with E-state index in [0.717, 1.165) is 26.4 Å². The Bertz CT molecular complexity index is 1100. The van der Waals surface area contributed by atoms with Gasteiger partial charge in [0.25, 0.3) is 5.89 Å². The van der Waals surface area contributed by atoms with Crippen molar-refractivity contribution in [3.63, 3.8) is 0 Å². The molecule has 0 bridgehead atoms. The summed E-state index contributed by atoms with van der Waals surface area (Å²) in [7, 11) is 0. The predicted octanol–water partition coefficient (Wildman–Crippen LogP) is 3.02. The molecule has 4 rings (SSSR count). The normalized spacial score (nSPS) is 10.8. The zero-order valence-corrected chi connectivity index (χ0v) is 14.9. The fraction of sp³-hybridized carbons (Fsp3) is 0.105. The highest BCUT2D eigenvalue weighted by molar-refractivity contribution is 7.18. The Hall–Kier alpha value is -3.39. The lowest BCUT2D eigenvalue weighted by Gasteiger charge is -2.00. The number of carbonyl (C=O) groups is 2. The highest BCUT2D eigenvalue weighted by Gasteiger charge is 2.12. The van der Waals surface area contributed by atoms with Crippen LogP contribution >= 0.6 is 11.3 Å². The number of rotatable bonds is 6. The summed E-state index contributed by atoms with van der Waals surface area (Å²) >= 11 is 1.49. The van der Waals surface area contributed by atoms with Crippen molar-refractivity contribution in [3.8, 4) is 11.1 Å². The van der Waals surface area contributed by atoms with Crippen molar-refractivity contribution < 1.29 is 14.0 Å². The van der Waals surface area contributed by atoms with E-state index in [9.17, 15) is 9.59 Å². The Morgan fingerprint density at radius 1 is 1.11 bits per heavy atom. The first kappa shape index (κ1) is 17.0. The third-order valence-electron chi connectivity index (χ3n) is 3.87. The average molecular weight is 378 g/mol. The number of amides is 1. The molecule has 27 heavy (non-hydrogen) atoms. The molecule has 0 spiro atoms. The highest BCUT2D eigenvalue weighted by Crippen LogP contribution is 2.28. The monoisotopic (exact) mass is 378 g/mol. The lowest BCUT2D eigenvalue weighted by atomic mass is 10.1. The quantitative estimate of drug-likeness (QED) is 0.518. The minimum atomic E-state index is -0.205. The molecule has 1 N–H and O–H groups in total. The average Bonchev–Trinajstić information content (AvgIpc) is 3.32. The van der Waals surface area contributed by atoms with E-state index in [4.69, 9.17) is 4.42 Å². The van der Waals surface area contributed by atoms with Crippen LogP contribution in [0.2, 0.25) is 0 Å². The molecule has 0 aliphatic rings. The number of benzene rings is 2. The molecule has 2 aromatic heterocycles. The number of fused-ring (bicyclic) bond motifs is 1. The van der Waals surface area contributed by atoms with Gasteiger partial charge in [-0.15, -0.1) is 21.5 Å². The molecule has 0 atom stereocenters. The zero-order chi connectivity index (χ0) is 18.6. The smallest absolute Gasteiger partial charge is 0.280 e. The molecule has 2 heterocycles. The fourth-order valence-electron chi connectivity index (χ4n) is 2.62. The number of carbonyl (C=O) groups excluding carboxylic acids is 2. The Morgan fingerprint density at radius 2 is 1.96 bits per heavy atom. The van der Waals surface area contributed by atoms with Crippen molar-refractivity contribution >= 4 is 33.7 Å². The molecule has 0 unspecified atom stereocenters. The van der Waals surface area contributed by atoms with Crippen LogP contribution in [0.1, 0.15) is 21.6 Å². The van der Waals surface area contributed by atoms with Gasteiger partial charge >= 0.3 is 0 Å². The number of nitrogens with zero attached hydrogens (tertiary/aromatic N) is 3.